The zero-order chi connectivity index (χ0) is 17.1. The molecule has 3 rings (SSSR count). The summed E-state index contributed by atoms with van der Waals surface area (Å²) in [6.45, 7) is 8.77. The molecule has 1 aromatic heterocycles. The summed E-state index contributed by atoms with van der Waals surface area (Å²) in [5, 5.41) is 4.23. The number of carbonyl (C=O) groups is 1. The van der Waals surface area contributed by atoms with Crippen LogP contribution in [0.1, 0.15) is 28.0 Å². The number of nitrogens with one attached hydrogen (secondary N) is 2. The van der Waals surface area contributed by atoms with Gasteiger partial charge in [0, 0.05) is 48.9 Å². The fraction of sp³-hybridized carbons (Fsp3) is 0.526. The van der Waals surface area contributed by atoms with E-state index < -0.39 is 0 Å². The Labute approximate surface area is 143 Å². The SMILES string of the molecule is COCCN1CCC(CNC(=O)c2ccc3[nH]c(C)c(C)c3c2)C1. The third-order valence-electron chi connectivity index (χ3n) is 5.10. The van der Waals surface area contributed by atoms with Crippen molar-refractivity contribution >= 4 is 16.8 Å². The lowest BCUT2D eigenvalue weighted by atomic mass is 10.1. The maximum atomic E-state index is 12.5. The highest BCUT2D eigenvalue weighted by atomic mass is 16.5. The second kappa shape index (κ2) is 7.36. The fourth-order valence-electron chi connectivity index (χ4n) is 3.44. The molecule has 1 atom stereocenters. The van der Waals surface area contributed by atoms with Crippen LogP contribution in [0.2, 0.25) is 0 Å². The molecule has 5 nitrogen and oxygen atoms in total. The number of aryl methyl sites for hydroxylation is 2. The van der Waals surface area contributed by atoms with E-state index >= 15 is 0 Å². The van der Waals surface area contributed by atoms with Crippen LogP contribution in [0.3, 0.4) is 0 Å². The van der Waals surface area contributed by atoms with Gasteiger partial charge in [-0.05, 0) is 56.5 Å². The monoisotopic (exact) mass is 329 g/mol. The number of likely N-dealkylation sites (tertiary alicyclic amines) is 1. The molecule has 2 aromatic rings. The number of fused-ring (bicyclic) bond motifs is 1. The Kier molecular flexibility index (Phi) is 5.21. The van der Waals surface area contributed by atoms with Gasteiger partial charge in [-0.3, -0.25) is 4.79 Å². The molecule has 5 heteroatoms. The Bertz CT molecular complexity index is 723. The molecule has 1 amide bonds. The number of nitrogens with zero attached hydrogens (tertiary/aromatic N) is 1. The quantitative estimate of drug-likeness (QED) is 0.856. The summed E-state index contributed by atoms with van der Waals surface area (Å²) in [6, 6.07) is 5.88. The number of hydrogen-bond acceptors (Lipinski definition) is 3. The molecular formula is C19H27N3O2. The number of carbonyl (C=O) groups excluding carboxylic acids is 1. The molecule has 0 aliphatic carbocycles. The minimum Gasteiger partial charge on any atom is -0.383 e. The van der Waals surface area contributed by atoms with E-state index in [4.69, 9.17) is 4.74 Å². The molecule has 0 spiro atoms. The summed E-state index contributed by atoms with van der Waals surface area (Å²) in [5.74, 6) is 0.552. The molecule has 0 radical (unpaired) electrons. The number of H-pyrrole nitrogens is 1. The predicted molar refractivity (Wildman–Crippen MR) is 96.5 cm³/mol. The summed E-state index contributed by atoms with van der Waals surface area (Å²) in [6.07, 6.45) is 1.14. The topological polar surface area (TPSA) is 57.4 Å². The third kappa shape index (κ3) is 3.62. The number of aromatic nitrogens is 1. The van der Waals surface area contributed by atoms with Crippen LogP contribution in [-0.4, -0.2) is 55.7 Å². The van der Waals surface area contributed by atoms with Gasteiger partial charge in [0.25, 0.3) is 5.91 Å². The van der Waals surface area contributed by atoms with Crippen molar-refractivity contribution in [1.29, 1.82) is 0 Å². The van der Waals surface area contributed by atoms with Gasteiger partial charge in [0.15, 0.2) is 0 Å². The van der Waals surface area contributed by atoms with Gasteiger partial charge in [-0.2, -0.15) is 0 Å². The van der Waals surface area contributed by atoms with E-state index in [-0.39, 0.29) is 5.91 Å². The van der Waals surface area contributed by atoms with Gasteiger partial charge >= 0.3 is 0 Å². The van der Waals surface area contributed by atoms with Crippen LogP contribution in [-0.2, 0) is 4.74 Å². The zero-order valence-corrected chi connectivity index (χ0v) is 14.8. The molecule has 0 bridgehead atoms. The lowest BCUT2D eigenvalue weighted by Gasteiger charge is -2.15. The lowest BCUT2D eigenvalue weighted by Crippen LogP contribution is -2.31. The molecule has 2 heterocycles. The van der Waals surface area contributed by atoms with Crippen molar-refractivity contribution in [2.24, 2.45) is 5.92 Å². The summed E-state index contributed by atoms with van der Waals surface area (Å²) < 4.78 is 5.13. The highest BCUT2D eigenvalue weighted by molar-refractivity contribution is 5.99. The highest BCUT2D eigenvalue weighted by Crippen LogP contribution is 2.22. The van der Waals surface area contributed by atoms with Crippen LogP contribution in [0.4, 0.5) is 0 Å². The Morgan fingerprint density at radius 1 is 1.42 bits per heavy atom. The number of rotatable bonds is 6. The Morgan fingerprint density at radius 2 is 2.25 bits per heavy atom. The molecule has 1 aliphatic rings. The van der Waals surface area contributed by atoms with Crippen LogP contribution in [0.25, 0.3) is 10.9 Å². The first-order valence-corrected chi connectivity index (χ1v) is 8.67. The Morgan fingerprint density at radius 3 is 3.04 bits per heavy atom. The molecule has 1 aliphatic heterocycles. The maximum absolute atomic E-state index is 12.5. The average Bonchev–Trinajstić information content (AvgIpc) is 3.15. The lowest BCUT2D eigenvalue weighted by molar-refractivity contribution is 0.0947. The van der Waals surface area contributed by atoms with E-state index in [2.05, 4.69) is 29.0 Å². The maximum Gasteiger partial charge on any atom is 0.251 e. The van der Waals surface area contributed by atoms with Gasteiger partial charge in [0.2, 0.25) is 0 Å². The zero-order valence-electron chi connectivity index (χ0n) is 14.8. The van der Waals surface area contributed by atoms with E-state index in [1.165, 1.54) is 5.56 Å². The predicted octanol–water partition coefficient (Wildman–Crippen LogP) is 2.48. The second-order valence-electron chi connectivity index (χ2n) is 6.79. The molecule has 1 aromatic carbocycles. The molecule has 1 fully saturated rings. The molecule has 1 saturated heterocycles. The molecular weight excluding hydrogens is 302 g/mol. The van der Waals surface area contributed by atoms with Crippen molar-refractivity contribution in [3.8, 4) is 0 Å². The summed E-state index contributed by atoms with van der Waals surface area (Å²) in [5.41, 5.74) is 4.19. The van der Waals surface area contributed by atoms with Gasteiger partial charge in [0.1, 0.15) is 0 Å². The van der Waals surface area contributed by atoms with Crippen molar-refractivity contribution in [3.05, 3.63) is 35.0 Å². The first-order chi connectivity index (χ1) is 11.6. The first kappa shape index (κ1) is 17.0. The van der Waals surface area contributed by atoms with E-state index in [9.17, 15) is 4.79 Å². The van der Waals surface area contributed by atoms with E-state index in [1.54, 1.807) is 7.11 Å². The van der Waals surface area contributed by atoms with Crippen LogP contribution >= 0.6 is 0 Å². The van der Waals surface area contributed by atoms with Crippen molar-refractivity contribution in [1.82, 2.24) is 15.2 Å². The minimum atomic E-state index is 0.0190. The number of hydrogen-bond donors (Lipinski definition) is 2. The number of amides is 1. The van der Waals surface area contributed by atoms with Gasteiger partial charge in [-0.15, -0.1) is 0 Å². The normalized spacial score (nSPS) is 18.4. The Balaban J connectivity index is 1.57. The largest absolute Gasteiger partial charge is 0.383 e. The highest BCUT2D eigenvalue weighted by Gasteiger charge is 2.22. The van der Waals surface area contributed by atoms with E-state index in [0.29, 0.717) is 5.92 Å². The van der Waals surface area contributed by atoms with Gasteiger partial charge in [-0.1, -0.05) is 0 Å². The van der Waals surface area contributed by atoms with E-state index in [1.807, 2.05) is 18.2 Å². The smallest absolute Gasteiger partial charge is 0.251 e. The minimum absolute atomic E-state index is 0.0190. The summed E-state index contributed by atoms with van der Waals surface area (Å²) in [7, 11) is 1.73. The number of aromatic amines is 1. The number of ether oxygens (including phenoxy) is 1. The third-order valence-corrected chi connectivity index (χ3v) is 5.10. The molecule has 0 saturated carbocycles. The van der Waals surface area contributed by atoms with Crippen molar-refractivity contribution in [2.75, 3.05) is 39.9 Å². The Hall–Kier alpha value is -1.85. The average molecular weight is 329 g/mol. The summed E-state index contributed by atoms with van der Waals surface area (Å²) in [4.78, 5) is 18.2. The second-order valence-corrected chi connectivity index (χ2v) is 6.79. The van der Waals surface area contributed by atoms with Gasteiger partial charge in [-0.25, -0.2) is 0 Å². The van der Waals surface area contributed by atoms with Crippen molar-refractivity contribution < 1.29 is 9.53 Å². The fourth-order valence-corrected chi connectivity index (χ4v) is 3.44. The van der Waals surface area contributed by atoms with Gasteiger partial charge < -0.3 is 19.9 Å². The van der Waals surface area contributed by atoms with Crippen LogP contribution < -0.4 is 5.32 Å². The van der Waals surface area contributed by atoms with Gasteiger partial charge in [0.05, 0.1) is 6.61 Å². The molecule has 1 unspecified atom stereocenters. The van der Waals surface area contributed by atoms with E-state index in [0.717, 1.165) is 61.4 Å². The number of benzene rings is 1. The summed E-state index contributed by atoms with van der Waals surface area (Å²) >= 11 is 0. The number of methoxy groups -OCH3 is 1. The molecule has 24 heavy (non-hydrogen) atoms. The molecule has 2 N–H and O–H groups in total. The van der Waals surface area contributed by atoms with Crippen molar-refractivity contribution in [3.63, 3.8) is 0 Å². The van der Waals surface area contributed by atoms with Crippen LogP contribution in [0.5, 0.6) is 0 Å². The van der Waals surface area contributed by atoms with Crippen LogP contribution in [0.15, 0.2) is 18.2 Å². The molecule has 130 valence electrons. The van der Waals surface area contributed by atoms with Crippen molar-refractivity contribution in [2.45, 2.75) is 20.3 Å². The standard InChI is InChI=1S/C19H27N3O2/c1-13-14(2)21-18-5-4-16(10-17(13)18)19(23)20-11-15-6-7-22(12-15)8-9-24-3/h4-5,10,15,21H,6-9,11-12H2,1-3H3,(H,20,23). The first-order valence-electron chi connectivity index (χ1n) is 8.67. The van der Waals surface area contributed by atoms with Crippen LogP contribution in [0, 0.1) is 19.8 Å².